The van der Waals surface area contributed by atoms with E-state index < -0.39 is 0 Å². The van der Waals surface area contributed by atoms with Crippen LogP contribution in [-0.4, -0.2) is 39.8 Å². The molecule has 0 radical (unpaired) electrons. The Hall–Kier alpha value is -1.67. The van der Waals surface area contributed by atoms with E-state index in [4.69, 9.17) is 0 Å². The van der Waals surface area contributed by atoms with Crippen molar-refractivity contribution in [1.82, 2.24) is 15.1 Å². The molecule has 1 N–H and O–H groups in total. The van der Waals surface area contributed by atoms with Gasteiger partial charge in [0.05, 0.1) is 5.25 Å². The molecule has 1 atom stereocenters. The highest BCUT2D eigenvalue weighted by Crippen LogP contribution is 2.29. The lowest BCUT2D eigenvalue weighted by Crippen LogP contribution is -2.32. The molecule has 0 fully saturated rings. The summed E-state index contributed by atoms with van der Waals surface area (Å²) in [5, 5.41) is 11.6. The number of halogens is 1. The second-order valence-corrected chi connectivity index (χ2v) is 7.55. The first-order chi connectivity index (χ1) is 11.0. The van der Waals surface area contributed by atoms with Gasteiger partial charge >= 0.3 is 0 Å². The third-order valence-corrected chi connectivity index (χ3v) is 5.10. The number of anilines is 1. The number of hydrogen-bond acceptors (Lipinski definition) is 6. The normalized spacial score (nSPS) is 12.0. The molecule has 1 aromatic carbocycles. The van der Waals surface area contributed by atoms with Crippen molar-refractivity contribution in [2.24, 2.45) is 0 Å². The zero-order valence-electron chi connectivity index (χ0n) is 13.2. The van der Waals surface area contributed by atoms with Gasteiger partial charge in [-0.05, 0) is 31.5 Å². The van der Waals surface area contributed by atoms with Crippen molar-refractivity contribution in [3.63, 3.8) is 0 Å². The summed E-state index contributed by atoms with van der Waals surface area (Å²) in [6.07, 6.45) is 0. The van der Waals surface area contributed by atoms with Crippen molar-refractivity contribution in [1.29, 1.82) is 0 Å². The van der Waals surface area contributed by atoms with Gasteiger partial charge in [0.1, 0.15) is 5.82 Å². The van der Waals surface area contributed by atoms with Crippen LogP contribution in [0.2, 0.25) is 0 Å². The number of carbonyl (C=O) groups is 1. The lowest BCUT2D eigenvalue weighted by atomic mass is 10.2. The predicted octanol–water partition coefficient (Wildman–Crippen LogP) is 3.25. The molecule has 8 heteroatoms. The van der Waals surface area contributed by atoms with Crippen LogP contribution < -0.4 is 5.32 Å². The average molecular weight is 354 g/mol. The summed E-state index contributed by atoms with van der Waals surface area (Å²) in [5.74, 6) is -0.324. The molecule has 1 amide bonds. The van der Waals surface area contributed by atoms with Gasteiger partial charge in [0.2, 0.25) is 11.0 Å². The molecule has 0 saturated carbocycles. The van der Waals surface area contributed by atoms with Crippen molar-refractivity contribution in [3.8, 4) is 0 Å². The molecule has 0 saturated heterocycles. The maximum Gasteiger partial charge on any atom is 0.235 e. The lowest BCUT2D eigenvalue weighted by molar-refractivity contribution is -0.129. The first-order valence-corrected chi connectivity index (χ1v) is 8.92. The molecule has 5 nitrogen and oxygen atoms in total. The standard InChI is InChI=1S/C15H19FN4OS2/c1-4-17-14-18-19-15(23-14)22-10(2)13(21)20(3)9-11-6-5-7-12(16)8-11/h5-8,10H,4,9H2,1-3H3,(H,17,18). The lowest BCUT2D eigenvalue weighted by Gasteiger charge is -2.20. The van der Waals surface area contributed by atoms with Gasteiger partial charge < -0.3 is 10.2 Å². The SMILES string of the molecule is CCNc1nnc(SC(C)C(=O)N(C)Cc2cccc(F)c2)s1. The zero-order valence-corrected chi connectivity index (χ0v) is 14.9. The molecular formula is C15H19FN4OS2. The second-order valence-electron chi connectivity index (χ2n) is 4.99. The Kier molecular flexibility index (Phi) is 6.35. The van der Waals surface area contributed by atoms with Crippen LogP contribution in [0.5, 0.6) is 0 Å². The highest BCUT2D eigenvalue weighted by atomic mass is 32.2. The molecule has 2 aromatic rings. The number of carbonyl (C=O) groups excluding carboxylic acids is 1. The summed E-state index contributed by atoms with van der Waals surface area (Å²) in [6.45, 7) is 4.98. The van der Waals surface area contributed by atoms with Gasteiger partial charge in [-0.3, -0.25) is 4.79 Å². The quantitative estimate of drug-likeness (QED) is 0.774. The molecule has 23 heavy (non-hydrogen) atoms. The Balaban J connectivity index is 1.92. The Morgan fingerprint density at radius 1 is 1.48 bits per heavy atom. The molecule has 1 heterocycles. The molecule has 0 aliphatic rings. The largest absolute Gasteiger partial charge is 0.360 e. The number of nitrogens with zero attached hydrogens (tertiary/aromatic N) is 3. The number of nitrogens with one attached hydrogen (secondary N) is 1. The molecule has 0 aliphatic carbocycles. The minimum absolute atomic E-state index is 0.0283. The number of aromatic nitrogens is 2. The van der Waals surface area contributed by atoms with E-state index in [0.29, 0.717) is 6.54 Å². The number of amides is 1. The van der Waals surface area contributed by atoms with Crippen LogP contribution in [0.15, 0.2) is 28.6 Å². The maximum atomic E-state index is 13.2. The van der Waals surface area contributed by atoms with Gasteiger partial charge in [-0.1, -0.05) is 35.2 Å². The molecule has 2 rings (SSSR count). The Morgan fingerprint density at radius 3 is 2.96 bits per heavy atom. The van der Waals surface area contributed by atoms with E-state index >= 15 is 0 Å². The monoisotopic (exact) mass is 354 g/mol. The summed E-state index contributed by atoms with van der Waals surface area (Å²) in [5.41, 5.74) is 0.767. The average Bonchev–Trinajstić information content (AvgIpc) is 2.94. The van der Waals surface area contributed by atoms with E-state index in [9.17, 15) is 9.18 Å². The fourth-order valence-electron chi connectivity index (χ4n) is 1.98. The topological polar surface area (TPSA) is 58.1 Å². The van der Waals surface area contributed by atoms with Gasteiger partial charge in [-0.2, -0.15) is 0 Å². The van der Waals surface area contributed by atoms with Crippen LogP contribution in [0.25, 0.3) is 0 Å². The summed E-state index contributed by atoms with van der Waals surface area (Å²) < 4.78 is 14.0. The van der Waals surface area contributed by atoms with E-state index in [1.807, 2.05) is 13.8 Å². The molecule has 1 unspecified atom stereocenters. The van der Waals surface area contributed by atoms with Gasteiger partial charge in [0.25, 0.3) is 0 Å². The molecule has 124 valence electrons. The number of hydrogen-bond donors (Lipinski definition) is 1. The minimum Gasteiger partial charge on any atom is -0.360 e. The predicted molar refractivity (Wildman–Crippen MR) is 92.3 cm³/mol. The number of rotatable bonds is 7. The number of thioether (sulfide) groups is 1. The zero-order chi connectivity index (χ0) is 16.8. The second kappa shape index (κ2) is 8.26. The van der Waals surface area contributed by atoms with Crippen LogP contribution in [0, 0.1) is 5.82 Å². The van der Waals surface area contributed by atoms with E-state index in [1.54, 1.807) is 24.1 Å². The van der Waals surface area contributed by atoms with E-state index in [0.717, 1.165) is 21.6 Å². The molecule has 0 spiro atoms. The summed E-state index contributed by atoms with van der Waals surface area (Å²) >= 11 is 2.81. The highest BCUT2D eigenvalue weighted by Gasteiger charge is 2.20. The van der Waals surface area contributed by atoms with Crippen molar-refractivity contribution in [3.05, 3.63) is 35.6 Å². The van der Waals surface area contributed by atoms with Crippen molar-refractivity contribution >= 4 is 34.1 Å². The van der Waals surface area contributed by atoms with E-state index in [-0.39, 0.29) is 17.0 Å². The Labute approximate surface area is 143 Å². The fourth-order valence-corrected chi connectivity index (χ4v) is 4.06. The van der Waals surface area contributed by atoms with Crippen LogP contribution in [0.3, 0.4) is 0 Å². The Morgan fingerprint density at radius 2 is 2.26 bits per heavy atom. The summed E-state index contributed by atoms with van der Waals surface area (Å²) in [7, 11) is 1.72. The first-order valence-electron chi connectivity index (χ1n) is 7.23. The molecular weight excluding hydrogens is 335 g/mol. The third-order valence-electron chi connectivity index (χ3n) is 3.04. The van der Waals surface area contributed by atoms with Gasteiger partial charge in [-0.15, -0.1) is 10.2 Å². The van der Waals surface area contributed by atoms with E-state index in [1.165, 1.54) is 35.2 Å². The van der Waals surface area contributed by atoms with Crippen LogP contribution in [0.4, 0.5) is 9.52 Å². The van der Waals surface area contributed by atoms with Gasteiger partial charge in [0, 0.05) is 20.1 Å². The summed E-state index contributed by atoms with van der Waals surface area (Å²) in [4.78, 5) is 14.0. The molecule has 0 aliphatic heterocycles. The Bertz CT molecular complexity index is 664. The van der Waals surface area contributed by atoms with Crippen LogP contribution >= 0.6 is 23.1 Å². The van der Waals surface area contributed by atoms with Gasteiger partial charge in [0.15, 0.2) is 4.34 Å². The smallest absolute Gasteiger partial charge is 0.235 e. The molecule has 1 aromatic heterocycles. The number of benzene rings is 1. The minimum atomic E-state index is -0.296. The maximum absolute atomic E-state index is 13.2. The fraction of sp³-hybridized carbons (Fsp3) is 0.400. The third kappa shape index (κ3) is 5.18. The van der Waals surface area contributed by atoms with Crippen molar-refractivity contribution in [2.75, 3.05) is 18.9 Å². The van der Waals surface area contributed by atoms with Crippen molar-refractivity contribution < 1.29 is 9.18 Å². The molecule has 0 bridgehead atoms. The first kappa shape index (κ1) is 17.7. The highest BCUT2D eigenvalue weighted by molar-refractivity contribution is 8.02. The summed E-state index contributed by atoms with van der Waals surface area (Å²) in [6, 6.07) is 6.28. The van der Waals surface area contributed by atoms with Gasteiger partial charge in [-0.25, -0.2) is 4.39 Å². The van der Waals surface area contributed by atoms with E-state index in [2.05, 4.69) is 15.5 Å². The van der Waals surface area contributed by atoms with Crippen LogP contribution in [0.1, 0.15) is 19.4 Å². The van der Waals surface area contributed by atoms with Crippen LogP contribution in [-0.2, 0) is 11.3 Å². The van der Waals surface area contributed by atoms with Crippen molar-refractivity contribution in [2.45, 2.75) is 30.0 Å².